The van der Waals surface area contributed by atoms with Crippen LogP contribution in [0.2, 0.25) is 0 Å². The van der Waals surface area contributed by atoms with Crippen molar-refractivity contribution in [3.63, 3.8) is 0 Å². The number of fused-ring (bicyclic) bond motifs is 1. The van der Waals surface area contributed by atoms with E-state index in [1.165, 1.54) is 12.8 Å². The molecule has 35 heavy (non-hydrogen) atoms. The van der Waals surface area contributed by atoms with Crippen molar-refractivity contribution in [3.8, 4) is 10.6 Å². The lowest BCUT2D eigenvalue weighted by molar-refractivity contribution is 0.00446. The molecule has 0 unspecified atom stereocenters. The van der Waals surface area contributed by atoms with Gasteiger partial charge in [0.15, 0.2) is 0 Å². The largest absolute Gasteiger partial charge is 0.396 e. The van der Waals surface area contributed by atoms with Crippen LogP contribution in [0, 0.1) is 31.6 Å². The minimum atomic E-state index is -1.01. The summed E-state index contributed by atoms with van der Waals surface area (Å²) in [5, 5.41) is 38.2. The monoisotopic (exact) mass is 498 g/mol. The third kappa shape index (κ3) is 4.60. The average Bonchev–Trinajstić information content (AvgIpc) is 3.34. The van der Waals surface area contributed by atoms with Gasteiger partial charge in [0.05, 0.1) is 33.8 Å². The van der Waals surface area contributed by atoms with Crippen LogP contribution in [0.1, 0.15) is 44.5 Å². The molecule has 9 nitrogen and oxygen atoms in total. The number of nitrogens with one attached hydrogen (secondary N) is 2. The molecule has 2 aliphatic rings. The van der Waals surface area contributed by atoms with Crippen LogP contribution in [0.5, 0.6) is 0 Å². The summed E-state index contributed by atoms with van der Waals surface area (Å²) < 4.78 is 1.03. The van der Waals surface area contributed by atoms with E-state index in [2.05, 4.69) is 29.5 Å². The first-order chi connectivity index (χ1) is 16.7. The van der Waals surface area contributed by atoms with Gasteiger partial charge in [-0.25, -0.2) is 9.97 Å². The number of aliphatic hydroxyl groups excluding tert-OH is 3. The number of aromatic nitrogens is 4. The molecule has 0 spiro atoms. The van der Waals surface area contributed by atoms with Crippen molar-refractivity contribution < 1.29 is 15.3 Å². The second-order valence-electron chi connectivity index (χ2n) is 10.3. The number of thiazole rings is 1. The zero-order valence-electron chi connectivity index (χ0n) is 20.6. The maximum Gasteiger partial charge on any atom is 0.225 e. The minimum absolute atomic E-state index is 0.180. The van der Waals surface area contributed by atoms with Crippen LogP contribution in [0.15, 0.2) is 12.3 Å². The van der Waals surface area contributed by atoms with Crippen molar-refractivity contribution >= 4 is 33.3 Å². The molecule has 0 saturated heterocycles. The Hall–Kier alpha value is -2.40. The van der Waals surface area contributed by atoms with E-state index in [-0.39, 0.29) is 18.6 Å². The molecule has 2 fully saturated rings. The van der Waals surface area contributed by atoms with Gasteiger partial charge in [0.1, 0.15) is 22.4 Å². The Morgan fingerprint density at radius 3 is 2.51 bits per heavy atom. The van der Waals surface area contributed by atoms with Gasteiger partial charge in [-0.2, -0.15) is 4.98 Å². The number of hydrogen-bond acceptors (Lipinski definition) is 10. The van der Waals surface area contributed by atoms with Crippen LogP contribution >= 0.6 is 11.3 Å². The second-order valence-corrected chi connectivity index (χ2v) is 11.3. The van der Waals surface area contributed by atoms with Gasteiger partial charge in [-0.15, -0.1) is 11.3 Å². The first-order valence-corrected chi connectivity index (χ1v) is 13.2. The highest BCUT2D eigenvalue weighted by Crippen LogP contribution is 2.39. The maximum absolute atomic E-state index is 10.6. The Morgan fingerprint density at radius 1 is 1.09 bits per heavy atom. The molecule has 2 saturated carbocycles. The molecule has 188 valence electrons. The van der Waals surface area contributed by atoms with Crippen molar-refractivity contribution in [2.45, 2.75) is 71.2 Å². The standard InChI is InChI=1S/C25H34N6O3S/c1-11-7-15(8-11)12(2)27-25-28-13(3)19(24-30-20-14(4)26-6-5-18(20)35-24)23(31-25)29-17-9-16(10-32)21(33)22(17)34/h5-6,11-12,15-17,21-22,32-34H,7-10H2,1-4H3,(H2,27,28,29,31)/t11?,12-,15?,16-,17-,21-,22+/m1/s1. The molecule has 0 bridgehead atoms. The summed E-state index contributed by atoms with van der Waals surface area (Å²) in [6.45, 7) is 8.15. The molecule has 3 aromatic heterocycles. The van der Waals surface area contributed by atoms with Gasteiger partial charge in [-0.1, -0.05) is 6.92 Å². The topological polar surface area (TPSA) is 136 Å². The smallest absolute Gasteiger partial charge is 0.225 e. The van der Waals surface area contributed by atoms with E-state index < -0.39 is 18.2 Å². The van der Waals surface area contributed by atoms with Gasteiger partial charge in [-0.05, 0) is 57.9 Å². The second kappa shape index (κ2) is 9.57. The fourth-order valence-electron chi connectivity index (χ4n) is 5.41. The fraction of sp³-hybridized carbons (Fsp3) is 0.600. The molecular weight excluding hydrogens is 464 g/mol. The van der Waals surface area contributed by atoms with Crippen LogP contribution in [0.3, 0.4) is 0 Å². The van der Waals surface area contributed by atoms with Crippen molar-refractivity contribution in [2.24, 2.45) is 17.8 Å². The van der Waals surface area contributed by atoms with E-state index in [9.17, 15) is 15.3 Å². The quantitative estimate of drug-likeness (QED) is 0.333. The first-order valence-electron chi connectivity index (χ1n) is 12.4. The van der Waals surface area contributed by atoms with E-state index in [4.69, 9.17) is 15.0 Å². The molecule has 3 heterocycles. The highest BCUT2D eigenvalue weighted by molar-refractivity contribution is 7.21. The summed E-state index contributed by atoms with van der Waals surface area (Å²) in [5.41, 5.74) is 3.26. The number of nitrogens with zero attached hydrogens (tertiary/aromatic N) is 4. The Balaban J connectivity index is 1.52. The number of aryl methyl sites for hydroxylation is 2. The zero-order chi connectivity index (χ0) is 24.9. The van der Waals surface area contributed by atoms with Crippen LogP contribution in [-0.2, 0) is 0 Å². The predicted octanol–water partition coefficient (Wildman–Crippen LogP) is 3.13. The molecule has 10 heteroatoms. The fourth-order valence-corrected chi connectivity index (χ4v) is 6.52. The lowest BCUT2D eigenvalue weighted by atomic mass is 9.72. The zero-order valence-corrected chi connectivity index (χ0v) is 21.4. The Morgan fingerprint density at radius 2 is 1.86 bits per heavy atom. The molecule has 0 aliphatic heterocycles. The molecule has 5 N–H and O–H groups in total. The van der Waals surface area contributed by atoms with Crippen molar-refractivity contribution in [1.82, 2.24) is 19.9 Å². The number of hydrogen-bond donors (Lipinski definition) is 5. The number of anilines is 2. The summed E-state index contributed by atoms with van der Waals surface area (Å²) in [7, 11) is 0. The predicted molar refractivity (Wildman–Crippen MR) is 138 cm³/mol. The Kier molecular flexibility index (Phi) is 6.65. The molecule has 2 aliphatic carbocycles. The van der Waals surface area contributed by atoms with Crippen molar-refractivity contribution in [3.05, 3.63) is 23.7 Å². The highest BCUT2D eigenvalue weighted by Gasteiger charge is 2.41. The normalized spacial score (nSPS) is 29.2. The summed E-state index contributed by atoms with van der Waals surface area (Å²) in [6, 6.07) is 1.75. The lowest BCUT2D eigenvalue weighted by Gasteiger charge is -2.37. The van der Waals surface area contributed by atoms with Gasteiger partial charge in [-0.3, -0.25) is 4.98 Å². The van der Waals surface area contributed by atoms with E-state index in [0.29, 0.717) is 24.1 Å². The third-order valence-electron chi connectivity index (χ3n) is 7.63. The van der Waals surface area contributed by atoms with E-state index in [1.54, 1.807) is 17.5 Å². The molecular formula is C25H34N6O3S. The van der Waals surface area contributed by atoms with Crippen LogP contribution in [0.4, 0.5) is 11.8 Å². The molecule has 0 radical (unpaired) electrons. The van der Waals surface area contributed by atoms with Crippen LogP contribution in [0.25, 0.3) is 20.8 Å². The molecule has 5 rings (SSSR count). The number of rotatable bonds is 7. The minimum Gasteiger partial charge on any atom is -0.396 e. The summed E-state index contributed by atoms with van der Waals surface area (Å²) in [5.74, 6) is 2.07. The SMILES string of the molecule is Cc1nc(N[C@H](C)C2CC(C)C2)nc(N[C@@H]2C[C@H](CO)[C@@H](O)[C@H]2O)c1-c1nc2c(C)nccc2s1. The van der Waals surface area contributed by atoms with E-state index in [1.807, 2.05) is 19.9 Å². The average molecular weight is 499 g/mol. The van der Waals surface area contributed by atoms with Gasteiger partial charge >= 0.3 is 0 Å². The maximum atomic E-state index is 10.6. The number of aliphatic hydroxyl groups is 3. The Bertz CT molecular complexity index is 1210. The highest BCUT2D eigenvalue weighted by atomic mass is 32.1. The van der Waals surface area contributed by atoms with Gasteiger partial charge in [0, 0.05) is 24.8 Å². The first kappa shape index (κ1) is 24.3. The lowest BCUT2D eigenvalue weighted by Crippen LogP contribution is -2.37. The molecule has 0 amide bonds. The van der Waals surface area contributed by atoms with Crippen LogP contribution in [-0.4, -0.2) is 66.2 Å². The van der Waals surface area contributed by atoms with Crippen molar-refractivity contribution in [1.29, 1.82) is 0 Å². The van der Waals surface area contributed by atoms with Gasteiger partial charge in [0.25, 0.3) is 0 Å². The molecule has 0 aromatic carbocycles. The van der Waals surface area contributed by atoms with Gasteiger partial charge < -0.3 is 26.0 Å². The Labute approximate surface area is 209 Å². The van der Waals surface area contributed by atoms with E-state index >= 15 is 0 Å². The van der Waals surface area contributed by atoms with Crippen LogP contribution < -0.4 is 10.6 Å². The molecule has 3 aromatic rings. The summed E-state index contributed by atoms with van der Waals surface area (Å²) >= 11 is 1.55. The molecule has 5 atom stereocenters. The number of pyridine rings is 1. The van der Waals surface area contributed by atoms with E-state index in [0.717, 1.165) is 38.1 Å². The third-order valence-corrected chi connectivity index (χ3v) is 8.66. The summed E-state index contributed by atoms with van der Waals surface area (Å²) in [6.07, 6.45) is 2.61. The van der Waals surface area contributed by atoms with Crippen molar-refractivity contribution in [2.75, 3.05) is 17.2 Å². The summed E-state index contributed by atoms with van der Waals surface area (Å²) in [4.78, 5) is 18.8. The van der Waals surface area contributed by atoms with Gasteiger partial charge in [0.2, 0.25) is 5.95 Å².